The summed E-state index contributed by atoms with van der Waals surface area (Å²) in [4.78, 5) is 24.6. The molecule has 31 heavy (non-hydrogen) atoms. The van der Waals surface area contributed by atoms with Crippen LogP contribution >= 0.6 is 0 Å². The quantitative estimate of drug-likeness (QED) is 0.0914. The van der Waals surface area contributed by atoms with Crippen molar-refractivity contribution in [3.63, 3.8) is 0 Å². The van der Waals surface area contributed by atoms with Gasteiger partial charge >= 0.3 is 11.9 Å². The van der Waals surface area contributed by atoms with Gasteiger partial charge in [-0.2, -0.15) is 0 Å². The third kappa shape index (κ3) is 6.86. The van der Waals surface area contributed by atoms with Crippen LogP contribution in [0.1, 0.15) is 27.7 Å². The molecule has 0 bridgehead atoms. The first-order valence-corrected chi connectivity index (χ1v) is 9.61. The predicted octanol–water partition coefficient (Wildman–Crippen LogP) is -4.20. The summed E-state index contributed by atoms with van der Waals surface area (Å²) in [7, 11) is 0. The zero-order valence-corrected chi connectivity index (χ0v) is 17.9. The predicted molar refractivity (Wildman–Crippen MR) is 101 cm³/mol. The normalized spacial score (nSPS) is 21.7. The number of aliphatic hydroxyl groups excluding tert-OH is 8. The molecule has 0 radical (unpaired) electrons. The van der Waals surface area contributed by atoms with Crippen LogP contribution in [0.2, 0.25) is 0 Å². The molecule has 8 N–H and O–H groups in total. The fourth-order valence-electron chi connectivity index (χ4n) is 2.92. The minimum absolute atomic E-state index is 0.153. The van der Waals surface area contributed by atoms with Crippen LogP contribution in [0.4, 0.5) is 0 Å². The molecule has 0 aromatic rings. The van der Waals surface area contributed by atoms with Crippen LogP contribution in [0, 0.1) is 0 Å². The van der Waals surface area contributed by atoms with Gasteiger partial charge in [0, 0.05) is 13.2 Å². The largest absolute Gasteiger partial charge is 0.394 e. The number of hydrogen-bond donors (Lipinski definition) is 8. The highest BCUT2D eigenvalue weighted by Crippen LogP contribution is 2.27. The van der Waals surface area contributed by atoms with Crippen molar-refractivity contribution in [2.75, 3.05) is 26.4 Å². The first-order chi connectivity index (χ1) is 14.3. The molecule has 0 saturated carbocycles. The van der Waals surface area contributed by atoms with Gasteiger partial charge in [0.25, 0.3) is 0 Å². The molecular formula is C18H34O13. The van der Waals surface area contributed by atoms with E-state index in [1.807, 2.05) is 0 Å². The molecule has 0 fully saturated rings. The SMILES string of the molecule is CCO[C@@](C)([C@H](O)[C@H](O)CO)[C@@H](O)C(=O)OC(=O)[C@H](O)[C@@](C)(OCC)[C@H](O)[C@H](O)CO. The molecule has 0 aliphatic rings. The van der Waals surface area contributed by atoms with Crippen LogP contribution in [0.3, 0.4) is 0 Å². The fourth-order valence-corrected chi connectivity index (χ4v) is 2.92. The average Bonchev–Trinajstić information content (AvgIpc) is 2.75. The number of carbonyl (C=O) groups is 2. The topological polar surface area (TPSA) is 224 Å². The standard InChI is InChI=1S/C18H34O13/c1-5-29-17(3,11(23)9(21)7-19)13(25)15(27)31-16(28)14(26)18(4,30-6-2)12(24)10(22)8-20/h9-14,19-26H,5-8H2,1-4H3/t9-,10-,11-,12-,13+,14+,17+,18+/m1/s1. The van der Waals surface area contributed by atoms with E-state index in [1.54, 1.807) is 0 Å². The maximum absolute atomic E-state index is 12.3. The Balaban J connectivity index is 5.65. The molecule has 0 heterocycles. The summed E-state index contributed by atoms with van der Waals surface area (Å²) in [6, 6.07) is 0. The molecule has 13 nitrogen and oxygen atoms in total. The molecule has 0 saturated heterocycles. The van der Waals surface area contributed by atoms with E-state index in [-0.39, 0.29) is 13.2 Å². The molecule has 0 spiro atoms. The summed E-state index contributed by atoms with van der Waals surface area (Å²) in [5.74, 6) is -3.36. The van der Waals surface area contributed by atoms with E-state index in [0.717, 1.165) is 13.8 Å². The first-order valence-electron chi connectivity index (χ1n) is 9.61. The van der Waals surface area contributed by atoms with Crippen molar-refractivity contribution in [2.24, 2.45) is 0 Å². The second-order valence-electron chi connectivity index (χ2n) is 7.17. The number of carbonyl (C=O) groups excluding carboxylic acids is 2. The highest BCUT2D eigenvalue weighted by molar-refractivity contribution is 5.91. The molecule has 184 valence electrons. The van der Waals surface area contributed by atoms with E-state index in [0.29, 0.717) is 0 Å². The van der Waals surface area contributed by atoms with Crippen LogP contribution in [0.25, 0.3) is 0 Å². The lowest BCUT2D eigenvalue weighted by molar-refractivity contribution is -0.222. The number of rotatable bonds is 14. The van der Waals surface area contributed by atoms with Gasteiger partial charge in [-0.3, -0.25) is 0 Å². The zero-order chi connectivity index (χ0) is 24.6. The Morgan fingerprint density at radius 3 is 1.23 bits per heavy atom. The Hall–Kier alpha value is -1.26. The van der Waals surface area contributed by atoms with Gasteiger partial charge in [0.05, 0.1) is 13.2 Å². The van der Waals surface area contributed by atoms with Crippen molar-refractivity contribution in [3.05, 3.63) is 0 Å². The van der Waals surface area contributed by atoms with Crippen LogP contribution in [0.15, 0.2) is 0 Å². The Labute approximate surface area is 179 Å². The second-order valence-corrected chi connectivity index (χ2v) is 7.17. The van der Waals surface area contributed by atoms with Crippen molar-refractivity contribution in [1.29, 1.82) is 0 Å². The zero-order valence-electron chi connectivity index (χ0n) is 17.9. The van der Waals surface area contributed by atoms with E-state index in [2.05, 4.69) is 4.74 Å². The third-order valence-corrected chi connectivity index (χ3v) is 4.92. The summed E-state index contributed by atoms with van der Waals surface area (Å²) in [6.07, 6.45) is -12.3. The fraction of sp³-hybridized carbons (Fsp3) is 0.889. The third-order valence-electron chi connectivity index (χ3n) is 4.92. The highest BCUT2D eigenvalue weighted by Gasteiger charge is 2.52. The van der Waals surface area contributed by atoms with Gasteiger partial charge in [-0.15, -0.1) is 0 Å². The van der Waals surface area contributed by atoms with Gasteiger partial charge in [-0.1, -0.05) is 0 Å². The second kappa shape index (κ2) is 12.7. The van der Waals surface area contributed by atoms with Crippen LogP contribution in [0.5, 0.6) is 0 Å². The van der Waals surface area contributed by atoms with E-state index in [9.17, 15) is 40.2 Å². The maximum Gasteiger partial charge on any atom is 0.345 e. The van der Waals surface area contributed by atoms with E-state index < -0.39 is 73.0 Å². The number of ether oxygens (including phenoxy) is 3. The van der Waals surface area contributed by atoms with Crippen molar-refractivity contribution in [1.82, 2.24) is 0 Å². The Kier molecular flexibility index (Phi) is 12.2. The minimum atomic E-state index is -2.36. The van der Waals surface area contributed by atoms with Crippen LogP contribution in [-0.2, 0) is 23.8 Å². The van der Waals surface area contributed by atoms with Crippen molar-refractivity contribution < 1.29 is 64.7 Å². The number of esters is 2. The van der Waals surface area contributed by atoms with Gasteiger partial charge < -0.3 is 55.1 Å². The lowest BCUT2D eigenvalue weighted by Gasteiger charge is -2.39. The monoisotopic (exact) mass is 458 g/mol. The van der Waals surface area contributed by atoms with Gasteiger partial charge in [0.15, 0.2) is 12.2 Å². The number of aliphatic hydroxyl groups is 8. The molecule has 8 atom stereocenters. The first kappa shape index (κ1) is 29.7. The van der Waals surface area contributed by atoms with Crippen molar-refractivity contribution in [3.8, 4) is 0 Å². The van der Waals surface area contributed by atoms with Crippen LogP contribution < -0.4 is 0 Å². The molecule has 0 unspecified atom stereocenters. The maximum atomic E-state index is 12.3. The average molecular weight is 458 g/mol. The Morgan fingerprint density at radius 2 is 1.00 bits per heavy atom. The van der Waals surface area contributed by atoms with Gasteiger partial charge in [0.2, 0.25) is 0 Å². The summed E-state index contributed by atoms with van der Waals surface area (Å²) >= 11 is 0. The van der Waals surface area contributed by atoms with E-state index in [4.69, 9.17) is 19.7 Å². The highest BCUT2D eigenvalue weighted by atomic mass is 16.6. The molecule has 0 aromatic heterocycles. The molecule has 0 aliphatic carbocycles. The molecule has 0 aliphatic heterocycles. The van der Waals surface area contributed by atoms with Gasteiger partial charge in [0.1, 0.15) is 35.6 Å². The summed E-state index contributed by atoms with van der Waals surface area (Å²) < 4.78 is 14.8. The summed E-state index contributed by atoms with van der Waals surface area (Å²) in [6.45, 7) is 2.79. The van der Waals surface area contributed by atoms with E-state index in [1.165, 1.54) is 13.8 Å². The lowest BCUT2D eigenvalue weighted by atomic mass is 9.87. The Bertz CT molecular complexity index is 525. The van der Waals surface area contributed by atoms with Crippen molar-refractivity contribution >= 4 is 11.9 Å². The molecule has 0 aromatic carbocycles. The molecule has 0 amide bonds. The van der Waals surface area contributed by atoms with Gasteiger partial charge in [-0.05, 0) is 27.7 Å². The molecule has 0 rings (SSSR count). The molecular weight excluding hydrogens is 424 g/mol. The lowest BCUT2D eigenvalue weighted by Crippen LogP contribution is -2.62. The number of hydrogen-bond acceptors (Lipinski definition) is 13. The molecule has 13 heteroatoms. The van der Waals surface area contributed by atoms with Crippen LogP contribution in [-0.4, -0.2) is 127 Å². The summed E-state index contributed by atoms with van der Waals surface area (Å²) in [5.41, 5.74) is -4.43. The minimum Gasteiger partial charge on any atom is -0.394 e. The van der Waals surface area contributed by atoms with E-state index >= 15 is 0 Å². The van der Waals surface area contributed by atoms with Gasteiger partial charge in [-0.25, -0.2) is 9.59 Å². The Morgan fingerprint density at radius 1 is 0.710 bits per heavy atom. The summed E-state index contributed by atoms with van der Waals surface area (Å²) in [5, 5.41) is 78.2. The smallest absolute Gasteiger partial charge is 0.345 e. The van der Waals surface area contributed by atoms with Crippen molar-refractivity contribution in [2.45, 2.75) is 75.5 Å².